The second kappa shape index (κ2) is 6.10. The van der Waals surface area contributed by atoms with Gasteiger partial charge < -0.3 is 15.5 Å². The van der Waals surface area contributed by atoms with Gasteiger partial charge in [0.1, 0.15) is 11.1 Å². The highest BCUT2D eigenvalue weighted by molar-refractivity contribution is 5.96. The molecule has 2 aromatic rings. The molecule has 0 fully saturated rings. The molecule has 0 unspecified atom stereocenters. The molecule has 112 valence electrons. The molecule has 0 radical (unpaired) electrons. The zero-order valence-corrected chi connectivity index (χ0v) is 12.3. The van der Waals surface area contributed by atoms with Gasteiger partial charge in [0, 0.05) is 17.5 Å². The predicted molar refractivity (Wildman–Crippen MR) is 82.3 cm³/mol. The van der Waals surface area contributed by atoms with Gasteiger partial charge in [0.05, 0.1) is 0 Å². The average molecular weight is 288 g/mol. The summed E-state index contributed by atoms with van der Waals surface area (Å²) in [4.78, 5) is 24.0. The van der Waals surface area contributed by atoms with E-state index in [2.05, 4.69) is 5.32 Å². The Hall–Kier alpha value is -2.14. The fourth-order valence-electron chi connectivity index (χ4n) is 2.07. The smallest absolute Gasteiger partial charge is 0.349 e. The summed E-state index contributed by atoms with van der Waals surface area (Å²) in [6.45, 7) is 4.27. The van der Waals surface area contributed by atoms with Crippen LogP contribution in [0.3, 0.4) is 0 Å². The zero-order valence-electron chi connectivity index (χ0n) is 12.3. The fraction of sp³-hybridized carbons (Fsp3) is 0.375. The third kappa shape index (κ3) is 3.31. The van der Waals surface area contributed by atoms with E-state index in [0.29, 0.717) is 17.5 Å². The molecule has 3 N–H and O–H groups in total. The van der Waals surface area contributed by atoms with Crippen molar-refractivity contribution < 1.29 is 9.21 Å². The van der Waals surface area contributed by atoms with Gasteiger partial charge >= 0.3 is 5.63 Å². The van der Waals surface area contributed by atoms with Crippen LogP contribution in [0.15, 0.2) is 39.5 Å². The molecule has 2 rings (SSSR count). The number of para-hydroxylation sites is 1. The number of amides is 1. The van der Waals surface area contributed by atoms with E-state index in [9.17, 15) is 9.59 Å². The lowest BCUT2D eigenvalue weighted by Gasteiger charge is -2.26. The lowest BCUT2D eigenvalue weighted by molar-refractivity contribution is 0.0938. The molecule has 0 spiro atoms. The summed E-state index contributed by atoms with van der Waals surface area (Å²) in [6, 6.07) is 8.63. The van der Waals surface area contributed by atoms with Crippen molar-refractivity contribution in [2.75, 3.05) is 6.54 Å². The minimum atomic E-state index is -0.637. The van der Waals surface area contributed by atoms with E-state index >= 15 is 0 Å². The summed E-state index contributed by atoms with van der Waals surface area (Å²) in [5.74, 6) is -0.453. The first-order chi connectivity index (χ1) is 9.99. The Morgan fingerprint density at radius 2 is 1.95 bits per heavy atom. The van der Waals surface area contributed by atoms with Gasteiger partial charge in [-0.2, -0.15) is 0 Å². The monoisotopic (exact) mass is 288 g/mol. The lowest BCUT2D eigenvalue weighted by Crippen LogP contribution is -2.49. The van der Waals surface area contributed by atoms with E-state index < -0.39 is 17.1 Å². The van der Waals surface area contributed by atoms with Crippen LogP contribution in [0.25, 0.3) is 11.0 Å². The van der Waals surface area contributed by atoms with Crippen molar-refractivity contribution in [1.29, 1.82) is 0 Å². The first kappa shape index (κ1) is 15.3. The first-order valence-corrected chi connectivity index (χ1v) is 7.09. The van der Waals surface area contributed by atoms with Crippen LogP contribution in [0.1, 0.15) is 37.0 Å². The van der Waals surface area contributed by atoms with Gasteiger partial charge in [0.2, 0.25) is 0 Å². The van der Waals surface area contributed by atoms with E-state index in [0.717, 1.165) is 12.8 Å². The summed E-state index contributed by atoms with van der Waals surface area (Å²) >= 11 is 0. The van der Waals surface area contributed by atoms with Gasteiger partial charge in [-0.1, -0.05) is 32.0 Å². The molecule has 0 aliphatic carbocycles. The van der Waals surface area contributed by atoms with Crippen molar-refractivity contribution in [3.8, 4) is 0 Å². The predicted octanol–water partition coefficient (Wildman–Crippen LogP) is 2.04. The quantitative estimate of drug-likeness (QED) is 0.824. The highest BCUT2D eigenvalue weighted by Gasteiger charge is 2.22. The van der Waals surface area contributed by atoms with Crippen LogP contribution in [0.4, 0.5) is 0 Å². The van der Waals surface area contributed by atoms with E-state index in [1.807, 2.05) is 19.9 Å². The number of nitrogens with two attached hydrogens (primary N) is 1. The number of carbonyl (C=O) groups is 1. The standard InChI is InChI=1S/C16H20N2O3/c1-3-16(17,4-2)10-18-14(19)12-9-11-7-5-6-8-13(11)21-15(12)20/h5-9H,3-4,10,17H2,1-2H3,(H,18,19). The Morgan fingerprint density at radius 1 is 1.29 bits per heavy atom. The highest BCUT2D eigenvalue weighted by Crippen LogP contribution is 2.13. The molecule has 5 heteroatoms. The molecule has 1 aromatic carbocycles. The molecular weight excluding hydrogens is 268 g/mol. The SMILES string of the molecule is CCC(N)(CC)CNC(=O)c1cc2ccccc2oc1=O. The average Bonchev–Trinajstić information content (AvgIpc) is 2.51. The second-order valence-corrected chi connectivity index (χ2v) is 5.24. The minimum absolute atomic E-state index is 0.00301. The summed E-state index contributed by atoms with van der Waals surface area (Å²) in [6.07, 6.45) is 1.49. The second-order valence-electron chi connectivity index (χ2n) is 5.24. The molecule has 21 heavy (non-hydrogen) atoms. The number of carbonyl (C=O) groups excluding carboxylic acids is 1. The maximum Gasteiger partial charge on any atom is 0.349 e. The molecule has 1 amide bonds. The van der Waals surface area contributed by atoms with Crippen molar-refractivity contribution in [2.45, 2.75) is 32.2 Å². The number of fused-ring (bicyclic) bond motifs is 1. The molecule has 0 atom stereocenters. The molecule has 1 aromatic heterocycles. The maximum atomic E-state index is 12.2. The van der Waals surface area contributed by atoms with Gasteiger partial charge in [0.25, 0.3) is 5.91 Å². The number of hydrogen-bond acceptors (Lipinski definition) is 4. The summed E-state index contributed by atoms with van der Waals surface area (Å²) in [7, 11) is 0. The molecule has 0 bridgehead atoms. The number of hydrogen-bond donors (Lipinski definition) is 2. The van der Waals surface area contributed by atoms with Crippen LogP contribution >= 0.6 is 0 Å². The molecule has 0 saturated carbocycles. The fourth-order valence-corrected chi connectivity index (χ4v) is 2.07. The van der Waals surface area contributed by atoms with Gasteiger partial charge in [-0.15, -0.1) is 0 Å². The molecule has 0 aliphatic rings. The van der Waals surface area contributed by atoms with Gasteiger partial charge in [-0.05, 0) is 25.0 Å². The number of benzene rings is 1. The highest BCUT2D eigenvalue weighted by atomic mass is 16.4. The maximum absolute atomic E-state index is 12.2. The Labute approximate surface area is 123 Å². The molecule has 5 nitrogen and oxygen atoms in total. The van der Waals surface area contributed by atoms with Gasteiger partial charge in [-0.25, -0.2) is 4.79 Å². The lowest BCUT2D eigenvalue weighted by atomic mass is 9.94. The van der Waals surface area contributed by atoms with Crippen LogP contribution in [0.5, 0.6) is 0 Å². The van der Waals surface area contributed by atoms with Crippen molar-refractivity contribution in [2.24, 2.45) is 5.73 Å². The first-order valence-electron chi connectivity index (χ1n) is 7.09. The molecule has 1 heterocycles. The zero-order chi connectivity index (χ0) is 15.5. The van der Waals surface area contributed by atoms with Crippen molar-refractivity contribution in [1.82, 2.24) is 5.32 Å². The topological polar surface area (TPSA) is 85.3 Å². The van der Waals surface area contributed by atoms with Gasteiger partial charge in [0.15, 0.2) is 0 Å². The third-order valence-electron chi connectivity index (χ3n) is 3.90. The van der Waals surface area contributed by atoms with E-state index in [-0.39, 0.29) is 5.56 Å². The van der Waals surface area contributed by atoms with Crippen LogP contribution in [-0.4, -0.2) is 18.0 Å². The number of rotatable bonds is 5. The number of nitrogens with one attached hydrogen (secondary N) is 1. The summed E-state index contributed by atoms with van der Waals surface area (Å²) < 4.78 is 5.15. The van der Waals surface area contributed by atoms with E-state index in [1.165, 1.54) is 0 Å². The Morgan fingerprint density at radius 3 is 2.62 bits per heavy atom. The van der Waals surface area contributed by atoms with Gasteiger partial charge in [-0.3, -0.25) is 4.79 Å². The Balaban J connectivity index is 2.23. The van der Waals surface area contributed by atoms with E-state index in [4.69, 9.17) is 10.2 Å². The Bertz CT molecular complexity index is 702. The summed E-state index contributed by atoms with van der Waals surface area (Å²) in [5.41, 5.74) is 5.52. The van der Waals surface area contributed by atoms with Crippen molar-refractivity contribution in [3.05, 3.63) is 46.3 Å². The normalized spacial score (nSPS) is 11.6. The minimum Gasteiger partial charge on any atom is -0.422 e. The van der Waals surface area contributed by atoms with Crippen molar-refractivity contribution >= 4 is 16.9 Å². The van der Waals surface area contributed by atoms with Crippen LogP contribution in [0.2, 0.25) is 0 Å². The molecule has 0 aliphatic heterocycles. The Kier molecular flexibility index (Phi) is 4.43. The van der Waals surface area contributed by atoms with Crippen molar-refractivity contribution in [3.63, 3.8) is 0 Å². The van der Waals surface area contributed by atoms with E-state index in [1.54, 1.807) is 24.3 Å². The summed E-state index contributed by atoms with van der Waals surface area (Å²) in [5, 5.41) is 3.44. The van der Waals surface area contributed by atoms with Crippen LogP contribution in [0, 0.1) is 0 Å². The van der Waals surface area contributed by atoms with Crippen LogP contribution < -0.4 is 16.7 Å². The third-order valence-corrected chi connectivity index (χ3v) is 3.90. The molecule has 0 saturated heterocycles. The largest absolute Gasteiger partial charge is 0.422 e. The van der Waals surface area contributed by atoms with Crippen LogP contribution in [-0.2, 0) is 0 Å². The molecular formula is C16H20N2O3.